The van der Waals surface area contributed by atoms with Crippen LogP contribution in [0.4, 0.5) is 5.82 Å². The van der Waals surface area contributed by atoms with Gasteiger partial charge in [0.1, 0.15) is 11.5 Å². The molecule has 1 aliphatic rings. The van der Waals surface area contributed by atoms with Gasteiger partial charge in [-0.15, -0.1) is 6.42 Å². The number of anilines is 1. The van der Waals surface area contributed by atoms with Crippen molar-refractivity contribution in [1.82, 2.24) is 9.97 Å². The van der Waals surface area contributed by atoms with E-state index in [0.29, 0.717) is 17.7 Å². The number of carbonyl (C=O) groups excluding carboxylic acids is 1. The maximum Gasteiger partial charge on any atom is 0.267 e. The van der Waals surface area contributed by atoms with Crippen LogP contribution in [-0.4, -0.2) is 21.9 Å². The van der Waals surface area contributed by atoms with Gasteiger partial charge in [0.2, 0.25) is 0 Å². The molecule has 1 amide bonds. The number of rotatable bonds is 4. The highest BCUT2D eigenvalue weighted by Crippen LogP contribution is 2.25. The molecule has 104 valence electrons. The van der Waals surface area contributed by atoms with Crippen molar-refractivity contribution in [2.24, 2.45) is 5.73 Å². The molecule has 2 aromatic rings. The zero-order chi connectivity index (χ0) is 14.8. The Bertz CT molecular complexity index is 744. The first-order valence-electron chi connectivity index (χ1n) is 6.68. The van der Waals surface area contributed by atoms with Crippen molar-refractivity contribution in [2.45, 2.75) is 18.9 Å². The van der Waals surface area contributed by atoms with E-state index < -0.39 is 5.91 Å². The SMILES string of the molecule is C#Cc1cccc(-c2nc(NC3CC3)cc(C(N)=O)n2)c1. The Hall–Kier alpha value is -2.87. The Kier molecular flexibility index (Phi) is 3.28. The summed E-state index contributed by atoms with van der Waals surface area (Å²) in [5, 5.41) is 3.25. The topological polar surface area (TPSA) is 80.9 Å². The van der Waals surface area contributed by atoms with Crippen LogP contribution in [-0.2, 0) is 0 Å². The van der Waals surface area contributed by atoms with Crippen molar-refractivity contribution in [3.05, 3.63) is 41.6 Å². The zero-order valence-electron chi connectivity index (χ0n) is 11.3. The molecule has 0 unspecified atom stereocenters. The van der Waals surface area contributed by atoms with Crippen molar-refractivity contribution < 1.29 is 4.79 Å². The quantitative estimate of drug-likeness (QED) is 0.836. The van der Waals surface area contributed by atoms with Crippen LogP contribution in [0.15, 0.2) is 30.3 Å². The van der Waals surface area contributed by atoms with Gasteiger partial charge in [0, 0.05) is 23.2 Å². The lowest BCUT2D eigenvalue weighted by Gasteiger charge is -2.08. The molecule has 0 bridgehead atoms. The van der Waals surface area contributed by atoms with Gasteiger partial charge >= 0.3 is 0 Å². The third-order valence-electron chi connectivity index (χ3n) is 3.20. The molecular weight excluding hydrogens is 264 g/mol. The van der Waals surface area contributed by atoms with E-state index in [9.17, 15) is 4.79 Å². The molecule has 1 aromatic heterocycles. The number of aromatic nitrogens is 2. The van der Waals surface area contributed by atoms with Crippen LogP contribution in [0.3, 0.4) is 0 Å². The average molecular weight is 278 g/mol. The molecule has 0 aliphatic heterocycles. The summed E-state index contributed by atoms with van der Waals surface area (Å²) in [6, 6.07) is 9.31. The number of amides is 1. The average Bonchev–Trinajstić information content (AvgIpc) is 3.31. The minimum absolute atomic E-state index is 0.189. The first-order valence-corrected chi connectivity index (χ1v) is 6.68. The summed E-state index contributed by atoms with van der Waals surface area (Å²) in [5.41, 5.74) is 7.02. The van der Waals surface area contributed by atoms with Gasteiger partial charge in [0.05, 0.1) is 0 Å². The molecular formula is C16H14N4O. The second-order valence-electron chi connectivity index (χ2n) is 4.97. The third kappa shape index (κ3) is 3.00. The molecule has 3 N–H and O–H groups in total. The summed E-state index contributed by atoms with van der Waals surface area (Å²) in [7, 11) is 0. The zero-order valence-corrected chi connectivity index (χ0v) is 11.3. The number of carbonyl (C=O) groups is 1. The summed E-state index contributed by atoms with van der Waals surface area (Å²) in [6.45, 7) is 0. The lowest BCUT2D eigenvalue weighted by atomic mass is 10.1. The van der Waals surface area contributed by atoms with Crippen molar-refractivity contribution in [3.63, 3.8) is 0 Å². The number of hydrogen-bond donors (Lipinski definition) is 2. The number of primary amides is 1. The molecule has 1 aromatic carbocycles. The van der Waals surface area contributed by atoms with Crippen molar-refractivity contribution in [1.29, 1.82) is 0 Å². The van der Waals surface area contributed by atoms with Crippen LogP contribution in [0.1, 0.15) is 28.9 Å². The number of hydrogen-bond acceptors (Lipinski definition) is 4. The fourth-order valence-corrected chi connectivity index (χ4v) is 1.96. The summed E-state index contributed by atoms with van der Waals surface area (Å²) < 4.78 is 0. The summed E-state index contributed by atoms with van der Waals surface area (Å²) in [6.07, 6.45) is 7.62. The van der Waals surface area contributed by atoms with Gasteiger partial charge in [-0.3, -0.25) is 4.79 Å². The molecule has 1 heterocycles. The number of terminal acetylenes is 1. The lowest BCUT2D eigenvalue weighted by Crippen LogP contribution is -2.15. The Morgan fingerprint density at radius 2 is 2.14 bits per heavy atom. The predicted molar refractivity (Wildman–Crippen MR) is 80.6 cm³/mol. The van der Waals surface area contributed by atoms with E-state index >= 15 is 0 Å². The van der Waals surface area contributed by atoms with Crippen LogP contribution in [0.25, 0.3) is 11.4 Å². The van der Waals surface area contributed by atoms with Gasteiger partial charge < -0.3 is 11.1 Å². The predicted octanol–water partition coefficient (Wildman–Crippen LogP) is 1.80. The summed E-state index contributed by atoms with van der Waals surface area (Å²) in [4.78, 5) is 20.1. The van der Waals surface area contributed by atoms with Crippen LogP contribution < -0.4 is 11.1 Å². The fourth-order valence-electron chi connectivity index (χ4n) is 1.96. The van der Waals surface area contributed by atoms with E-state index in [1.165, 1.54) is 0 Å². The van der Waals surface area contributed by atoms with E-state index in [-0.39, 0.29) is 5.69 Å². The highest BCUT2D eigenvalue weighted by molar-refractivity contribution is 5.92. The monoisotopic (exact) mass is 278 g/mol. The first-order chi connectivity index (χ1) is 10.2. The Morgan fingerprint density at radius 3 is 2.81 bits per heavy atom. The molecule has 1 saturated carbocycles. The summed E-state index contributed by atoms with van der Waals surface area (Å²) >= 11 is 0. The number of nitrogens with zero attached hydrogens (tertiary/aromatic N) is 2. The molecule has 0 radical (unpaired) electrons. The smallest absolute Gasteiger partial charge is 0.267 e. The fraction of sp³-hybridized carbons (Fsp3) is 0.188. The van der Waals surface area contributed by atoms with E-state index in [4.69, 9.17) is 12.2 Å². The Morgan fingerprint density at radius 1 is 1.33 bits per heavy atom. The van der Waals surface area contributed by atoms with E-state index in [2.05, 4.69) is 21.2 Å². The van der Waals surface area contributed by atoms with Gasteiger partial charge in [0.15, 0.2) is 5.82 Å². The van der Waals surface area contributed by atoms with Crippen LogP contribution in [0.2, 0.25) is 0 Å². The molecule has 3 rings (SSSR count). The lowest BCUT2D eigenvalue weighted by molar-refractivity contribution is 0.0995. The minimum Gasteiger partial charge on any atom is -0.367 e. The molecule has 0 saturated heterocycles. The van der Waals surface area contributed by atoms with E-state index in [1.54, 1.807) is 12.1 Å². The first kappa shape index (κ1) is 13.1. The molecule has 5 heteroatoms. The van der Waals surface area contributed by atoms with E-state index in [1.807, 2.05) is 18.2 Å². The second-order valence-corrected chi connectivity index (χ2v) is 4.97. The molecule has 0 atom stereocenters. The highest BCUT2D eigenvalue weighted by atomic mass is 16.1. The maximum atomic E-state index is 11.4. The van der Waals surface area contributed by atoms with Gasteiger partial charge in [-0.2, -0.15) is 0 Å². The van der Waals surface area contributed by atoms with Crippen LogP contribution in [0.5, 0.6) is 0 Å². The van der Waals surface area contributed by atoms with Crippen molar-refractivity contribution in [3.8, 4) is 23.7 Å². The molecule has 21 heavy (non-hydrogen) atoms. The standard InChI is InChI=1S/C16H14N4O/c1-2-10-4-3-5-11(8-10)16-19-13(15(17)21)9-14(20-16)18-12-6-7-12/h1,3-5,8-9,12H,6-7H2,(H2,17,21)(H,18,19,20). The largest absolute Gasteiger partial charge is 0.367 e. The Labute approximate surface area is 122 Å². The normalized spacial score (nSPS) is 13.5. The van der Waals surface area contributed by atoms with Crippen molar-refractivity contribution >= 4 is 11.7 Å². The van der Waals surface area contributed by atoms with Gasteiger partial charge in [-0.25, -0.2) is 9.97 Å². The molecule has 0 spiro atoms. The van der Waals surface area contributed by atoms with Crippen molar-refractivity contribution in [2.75, 3.05) is 5.32 Å². The second kappa shape index (κ2) is 5.25. The molecule has 1 aliphatic carbocycles. The van der Waals surface area contributed by atoms with E-state index in [0.717, 1.165) is 24.0 Å². The molecule has 5 nitrogen and oxygen atoms in total. The van der Waals surface area contributed by atoms with Crippen LogP contribution in [0, 0.1) is 12.3 Å². The number of benzene rings is 1. The molecule has 1 fully saturated rings. The Balaban J connectivity index is 2.04. The number of nitrogens with one attached hydrogen (secondary N) is 1. The van der Waals surface area contributed by atoms with Gasteiger partial charge in [0.25, 0.3) is 5.91 Å². The van der Waals surface area contributed by atoms with Gasteiger partial charge in [-0.05, 0) is 25.0 Å². The van der Waals surface area contributed by atoms with Crippen LogP contribution >= 0.6 is 0 Å². The third-order valence-corrected chi connectivity index (χ3v) is 3.20. The maximum absolute atomic E-state index is 11.4. The summed E-state index contributed by atoms with van der Waals surface area (Å²) in [5.74, 6) is 3.04. The van der Waals surface area contributed by atoms with Gasteiger partial charge in [-0.1, -0.05) is 18.1 Å². The minimum atomic E-state index is -0.578. The number of nitrogens with two attached hydrogens (primary N) is 1. The highest BCUT2D eigenvalue weighted by Gasteiger charge is 2.22.